The van der Waals surface area contributed by atoms with E-state index >= 15 is 0 Å². The number of nitrogens with one attached hydrogen (secondary N) is 1. The zero-order valence-corrected chi connectivity index (χ0v) is 13.0. The predicted molar refractivity (Wildman–Crippen MR) is 94.8 cm³/mol. The fraction of sp³-hybridized carbons (Fsp3) is 0.0500. The number of hydrogen-bond donors (Lipinski definition) is 1. The van der Waals surface area contributed by atoms with Crippen molar-refractivity contribution in [3.63, 3.8) is 0 Å². The van der Waals surface area contributed by atoms with Crippen molar-refractivity contribution in [1.82, 2.24) is 0 Å². The lowest BCUT2D eigenvalue weighted by Crippen LogP contribution is -2.00. The van der Waals surface area contributed by atoms with Gasteiger partial charge in [0.1, 0.15) is 18.2 Å². The minimum atomic E-state index is -0.270. The molecule has 0 bridgehead atoms. The molecule has 24 heavy (non-hydrogen) atoms. The predicted octanol–water partition coefficient (Wildman–Crippen LogP) is 4.85. The Bertz CT molecular complexity index is 801. The number of para-hydroxylation sites is 1. The number of nitrogens with zero attached hydrogens (tertiary/aromatic N) is 1. The van der Waals surface area contributed by atoms with Gasteiger partial charge in [-0.05, 0) is 42.0 Å². The normalized spacial score (nSPS) is 10.7. The lowest BCUT2D eigenvalue weighted by molar-refractivity contribution is 0.306. The average Bonchev–Trinajstić information content (AvgIpc) is 2.63. The highest BCUT2D eigenvalue weighted by Gasteiger charge is 2.01. The first-order valence-electron chi connectivity index (χ1n) is 7.62. The van der Waals surface area contributed by atoms with Gasteiger partial charge in [-0.15, -0.1) is 0 Å². The van der Waals surface area contributed by atoms with Crippen molar-refractivity contribution in [2.75, 3.05) is 5.43 Å². The average molecular weight is 320 g/mol. The number of rotatable bonds is 6. The maximum atomic E-state index is 12.9. The summed E-state index contributed by atoms with van der Waals surface area (Å²) < 4.78 is 18.7. The molecule has 0 aliphatic heterocycles. The van der Waals surface area contributed by atoms with E-state index in [0.29, 0.717) is 6.61 Å². The fourth-order valence-electron chi connectivity index (χ4n) is 2.17. The molecule has 0 unspecified atom stereocenters. The number of ether oxygens (including phenoxy) is 1. The summed E-state index contributed by atoms with van der Waals surface area (Å²) in [5.41, 5.74) is 5.61. The summed E-state index contributed by atoms with van der Waals surface area (Å²) in [7, 11) is 0. The Morgan fingerprint density at radius 2 is 1.58 bits per heavy atom. The zero-order chi connectivity index (χ0) is 16.6. The van der Waals surface area contributed by atoms with Crippen molar-refractivity contribution < 1.29 is 9.13 Å². The lowest BCUT2D eigenvalue weighted by atomic mass is 10.1. The van der Waals surface area contributed by atoms with E-state index in [2.05, 4.69) is 10.5 Å². The Kier molecular flexibility index (Phi) is 5.20. The standard InChI is InChI=1S/C20H17FN2O/c21-18-10-12-19(13-11-18)23-22-14-16-6-4-5-7-17(16)15-24-20-8-2-1-3-9-20/h1-14,23H,15H2/b22-14+. The SMILES string of the molecule is Fc1ccc(N/N=C/c2ccccc2COc2ccccc2)cc1. The maximum Gasteiger partial charge on any atom is 0.123 e. The first kappa shape index (κ1) is 15.7. The largest absolute Gasteiger partial charge is 0.489 e. The second-order valence-electron chi connectivity index (χ2n) is 5.18. The second kappa shape index (κ2) is 7.92. The molecular weight excluding hydrogens is 303 g/mol. The Labute approximate surface area is 140 Å². The van der Waals surface area contributed by atoms with Crippen molar-refractivity contribution in [3.8, 4) is 5.75 Å². The molecule has 0 atom stereocenters. The van der Waals surface area contributed by atoms with E-state index in [0.717, 1.165) is 22.6 Å². The molecule has 0 saturated carbocycles. The fourth-order valence-corrected chi connectivity index (χ4v) is 2.17. The summed E-state index contributed by atoms with van der Waals surface area (Å²) in [6.45, 7) is 0.461. The third-order valence-electron chi connectivity index (χ3n) is 3.43. The highest BCUT2D eigenvalue weighted by atomic mass is 19.1. The molecule has 0 aromatic heterocycles. The molecule has 120 valence electrons. The molecule has 0 aliphatic carbocycles. The molecule has 3 aromatic carbocycles. The van der Waals surface area contributed by atoms with Gasteiger partial charge in [0.15, 0.2) is 0 Å². The summed E-state index contributed by atoms with van der Waals surface area (Å²) in [6.07, 6.45) is 1.73. The van der Waals surface area contributed by atoms with Crippen LogP contribution in [0.1, 0.15) is 11.1 Å². The molecular formula is C20H17FN2O. The highest BCUT2D eigenvalue weighted by Crippen LogP contribution is 2.14. The Hall–Kier alpha value is -3.14. The van der Waals surface area contributed by atoms with Crippen LogP contribution in [0, 0.1) is 5.82 Å². The van der Waals surface area contributed by atoms with Gasteiger partial charge in [-0.1, -0.05) is 42.5 Å². The summed E-state index contributed by atoms with van der Waals surface area (Å²) in [5, 5.41) is 4.20. The van der Waals surface area contributed by atoms with Crippen LogP contribution in [0.3, 0.4) is 0 Å². The molecule has 3 aromatic rings. The number of hydrogen-bond acceptors (Lipinski definition) is 3. The van der Waals surface area contributed by atoms with Gasteiger partial charge in [0, 0.05) is 5.56 Å². The monoisotopic (exact) mass is 320 g/mol. The minimum absolute atomic E-state index is 0.270. The van der Waals surface area contributed by atoms with Crippen LogP contribution in [0.5, 0.6) is 5.75 Å². The number of halogens is 1. The van der Waals surface area contributed by atoms with Gasteiger partial charge in [-0.25, -0.2) is 4.39 Å². The van der Waals surface area contributed by atoms with E-state index in [9.17, 15) is 4.39 Å². The topological polar surface area (TPSA) is 33.6 Å². The first-order valence-corrected chi connectivity index (χ1v) is 7.62. The molecule has 4 heteroatoms. The van der Waals surface area contributed by atoms with E-state index < -0.39 is 0 Å². The van der Waals surface area contributed by atoms with Gasteiger partial charge in [-0.2, -0.15) is 5.10 Å². The number of benzene rings is 3. The molecule has 0 aliphatic rings. The molecule has 0 heterocycles. The summed E-state index contributed by atoms with van der Waals surface area (Å²) in [4.78, 5) is 0. The lowest BCUT2D eigenvalue weighted by Gasteiger charge is -2.08. The van der Waals surface area contributed by atoms with Crippen LogP contribution in [0.15, 0.2) is 84.0 Å². The van der Waals surface area contributed by atoms with Crippen molar-refractivity contribution in [3.05, 3.63) is 95.8 Å². The van der Waals surface area contributed by atoms with Crippen LogP contribution < -0.4 is 10.2 Å². The Balaban J connectivity index is 1.65. The summed E-state index contributed by atoms with van der Waals surface area (Å²) >= 11 is 0. The molecule has 0 radical (unpaired) electrons. The number of hydrazone groups is 1. The molecule has 3 nitrogen and oxygen atoms in total. The van der Waals surface area contributed by atoms with E-state index in [1.165, 1.54) is 12.1 Å². The quantitative estimate of drug-likeness (QED) is 0.520. The van der Waals surface area contributed by atoms with Crippen molar-refractivity contribution >= 4 is 11.9 Å². The molecule has 3 rings (SSSR count). The number of anilines is 1. The van der Waals surface area contributed by atoms with Crippen molar-refractivity contribution in [2.24, 2.45) is 5.10 Å². The third-order valence-corrected chi connectivity index (χ3v) is 3.43. The summed E-state index contributed by atoms with van der Waals surface area (Å²) in [5.74, 6) is 0.557. The van der Waals surface area contributed by atoms with Crippen LogP contribution in [0.25, 0.3) is 0 Å². The van der Waals surface area contributed by atoms with E-state index in [1.807, 2.05) is 54.6 Å². The van der Waals surface area contributed by atoms with Gasteiger partial charge in [0.05, 0.1) is 11.9 Å². The Morgan fingerprint density at radius 3 is 2.38 bits per heavy atom. The third kappa shape index (κ3) is 4.43. The second-order valence-corrected chi connectivity index (χ2v) is 5.18. The molecule has 0 fully saturated rings. The smallest absolute Gasteiger partial charge is 0.123 e. The zero-order valence-electron chi connectivity index (χ0n) is 13.0. The van der Waals surface area contributed by atoms with Crippen LogP contribution in [0.2, 0.25) is 0 Å². The summed E-state index contributed by atoms with van der Waals surface area (Å²) in [6, 6.07) is 23.6. The van der Waals surface area contributed by atoms with E-state index in [1.54, 1.807) is 18.3 Å². The molecule has 1 N–H and O–H groups in total. The van der Waals surface area contributed by atoms with Gasteiger partial charge in [0.2, 0.25) is 0 Å². The van der Waals surface area contributed by atoms with E-state index in [4.69, 9.17) is 4.74 Å². The van der Waals surface area contributed by atoms with Crippen LogP contribution in [-0.2, 0) is 6.61 Å². The van der Waals surface area contributed by atoms with Gasteiger partial charge in [0.25, 0.3) is 0 Å². The van der Waals surface area contributed by atoms with Gasteiger partial charge in [-0.3, -0.25) is 5.43 Å². The van der Waals surface area contributed by atoms with Gasteiger partial charge < -0.3 is 4.74 Å². The van der Waals surface area contributed by atoms with Crippen LogP contribution >= 0.6 is 0 Å². The molecule has 0 saturated heterocycles. The molecule has 0 amide bonds. The highest BCUT2D eigenvalue weighted by molar-refractivity contribution is 5.82. The first-order chi connectivity index (χ1) is 11.8. The van der Waals surface area contributed by atoms with Crippen molar-refractivity contribution in [2.45, 2.75) is 6.61 Å². The minimum Gasteiger partial charge on any atom is -0.489 e. The van der Waals surface area contributed by atoms with Crippen molar-refractivity contribution in [1.29, 1.82) is 0 Å². The maximum absolute atomic E-state index is 12.9. The van der Waals surface area contributed by atoms with E-state index in [-0.39, 0.29) is 5.82 Å². The Morgan fingerprint density at radius 1 is 0.875 bits per heavy atom. The van der Waals surface area contributed by atoms with Crippen LogP contribution in [0.4, 0.5) is 10.1 Å². The van der Waals surface area contributed by atoms with Gasteiger partial charge >= 0.3 is 0 Å². The van der Waals surface area contributed by atoms with Crippen LogP contribution in [-0.4, -0.2) is 6.21 Å². The molecule has 0 spiro atoms.